The van der Waals surface area contributed by atoms with Crippen molar-refractivity contribution in [2.45, 2.75) is 39.5 Å². The van der Waals surface area contributed by atoms with Crippen LogP contribution in [0.25, 0.3) is 0 Å². The zero-order valence-electron chi connectivity index (χ0n) is 16.1. The van der Waals surface area contributed by atoms with E-state index >= 15 is 0 Å². The van der Waals surface area contributed by atoms with Gasteiger partial charge in [-0.1, -0.05) is 32.0 Å². The van der Waals surface area contributed by atoms with Crippen molar-refractivity contribution in [3.63, 3.8) is 0 Å². The third-order valence-electron chi connectivity index (χ3n) is 4.77. The number of benzene rings is 2. The summed E-state index contributed by atoms with van der Waals surface area (Å²) in [4.78, 5) is 26.0. The predicted molar refractivity (Wildman–Crippen MR) is 107 cm³/mol. The number of amides is 2. The Balaban J connectivity index is 1.60. The molecular formula is C22H26N2O3. The fraction of sp³-hybridized carbons (Fsp3) is 0.364. The lowest BCUT2D eigenvalue weighted by Gasteiger charge is -2.19. The number of nitrogens with one attached hydrogen (secondary N) is 1. The Kier molecular flexibility index (Phi) is 5.79. The van der Waals surface area contributed by atoms with E-state index in [-0.39, 0.29) is 18.4 Å². The fourth-order valence-electron chi connectivity index (χ4n) is 3.18. The SMILES string of the molecule is Cc1ccc(NC(=O)COc2ccc(C(C)C)cc2)cc1N1CCCC1=O. The molecular weight excluding hydrogens is 340 g/mol. The van der Waals surface area contributed by atoms with Gasteiger partial charge in [-0.05, 0) is 54.7 Å². The van der Waals surface area contributed by atoms with Gasteiger partial charge < -0.3 is 15.0 Å². The van der Waals surface area contributed by atoms with Crippen LogP contribution in [0.15, 0.2) is 42.5 Å². The fourth-order valence-corrected chi connectivity index (χ4v) is 3.18. The first-order chi connectivity index (χ1) is 12.9. The Morgan fingerprint density at radius 3 is 2.56 bits per heavy atom. The van der Waals surface area contributed by atoms with Gasteiger partial charge in [0.1, 0.15) is 5.75 Å². The lowest BCUT2D eigenvalue weighted by atomic mass is 10.0. The summed E-state index contributed by atoms with van der Waals surface area (Å²) in [7, 11) is 0. The molecule has 1 saturated heterocycles. The number of hydrogen-bond donors (Lipinski definition) is 1. The summed E-state index contributed by atoms with van der Waals surface area (Å²) in [6.07, 6.45) is 1.46. The standard InChI is InChI=1S/C22H26N2O3/c1-15(2)17-7-10-19(11-8-17)27-14-21(25)23-18-9-6-16(3)20(13-18)24-12-4-5-22(24)26/h6-11,13,15H,4-5,12,14H2,1-3H3,(H,23,25). The highest BCUT2D eigenvalue weighted by molar-refractivity contribution is 5.98. The van der Waals surface area contributed by atoms with Crippen LogP contribution < -0.4 is 15.0 Å². The molecule has 0 aliphatic carbocycles. The minimum Gasteiger partial charge on any atom is -0.484 e. The number of hydrogen-bond acceptors (Lipinski definition) is 3. The number of anilines is 2. The summed E-state index contributed by atoms with van der Waals surface area (Å²) >= 11 is 0. The molecule has 0 bridgehead atoms. The van der Waals surface area contributed by atoms with Gasteiger partial charge in [0.25, 0.3) is 5.91 Å². The molecule has 0 saturated carbocycles. The lowest BCUT2D eigenvalue weighted by Crippen LogP contribution is -2.25. The van der Waals surface area contributed by atoms with E-state index in [1.165, 1.54) is 5.56 Å². The smallest absolute Gasteiger partial charge is 0.262 e. The number of carbonyl (C=O) groups excluding carboxylic acids is 2. The Hall–Kier alpha value is -2.82. The zero-order valence-corrected chi connectivity index (χ0v) is 16.1. The van der Waals surface area contributed by atoms with Crippen molar-refractivity contribution in [1.82, 2.24) is 0 Å². The van der Waals surface area contributed by atoms with Gasteiger partial charge in [0.05, 0.1) is 0 Å². The van der Waals surface area contributed by atoms with Crippen molar-refractivity contribution in [1.29, 1.82) is 0 Å². The molecule has 0 aromatic heterocycles. The Morgan fingerprint density at radius 2 is 1.93 bits per heavy atom. The van der Waals surface area contributed by atoms with Crippen LogP contribution in [0.5, 0.6) is 5.75 Å². The van der Waals surface area contributed by atoms with Crippen molar-refractivity contribution in [2.75, 3.05) is 23.4 Å². The van der Waals surface area contributed by atoms with Crippen LogP contribution in [0.2, 0.25) is 0 Å². The number of aryl methyl sites for hydroxylation is 1. The average Bonchev–Trinajstić information content (AvgIpc) is 3.07. The molecule has 5 heteroatoms. The monoisotopic (exact) mass is 366 g/mol. The molecule has 1 aliphatic rings. The van der Waals surface area contributed by atoms with Crippen molar-refractivity contribution >= 4 is 23.2 Å². The van der Waals surface area contributed by atoms with Gasteiger partial charge in [0.2, 0.25) is 5.91 Å². The van der Waals surface area contributed by atoms with Crippen molar-refractivity contribution in [3.8, 4) is 5.75 Å². The first kappa shape index (κ1) is 19.0. The molecule has 2 amide bonds. The van der Waals surface area contributed by atoms with E-state index in [9.17, 15) is 9.59 Å². The van der Waals surface area contributed by atoms with Crippen LogP contribution in [-0.2, 0) is 9.59 Å². The van der Waals surface area contributed by atoms with E-state index in [1.54, 1.807) is 4.90 Å². The van der Waals surface area contributed by atoms with E-state index in [1.807, 2.05) is 49.4 Å². The second kappa shape index (κ2) is 8.25. The molecule has 0 radical (unpaired) electrons. The second-order valence-electron chi connectivity index (χ2n) is 7.21. The normalized spacial score (nSPS) is 13.9. The third kappa shape index (κ3) is 4.67. The van der Waals surface area contributed by atoms with Crippen LogP contribution in [0.3, 0.4) is 0 Å². The molecule has 5 nitrogen and oxygen atoms in total. The van der Waals surface area contributed by atoms with E-state index in [2.05, 4.69) is 19.2 Å². The van der Waals surface area contributed by atoms with Crippen molar-refractivity contribution in [2.24, 2.45) is 0 Å². The Labute approximate surface area is 160 Å². The molecule has 1 heterocycles. The Bertz CT molecular complexity index is 828. The van der Waals surface area contributed by atoms with Crippen molar-refractivity contribution < 1.29 is 14.3 Å². The highest BCUT2D eigenvalue weighted by Gasteiger charge is 2.23. The van der Waals surface area contributed by atoms with Gasteiger partial charge in [-0.25, -0.2) is 0 Å². The van der Waals surface area contributed by atoms with Crippen LogP contribution in [0.1, 0.15) is 43.7 Å². The molecule has 2 aromatic rings. The van der Waals surface area contributed by atoms with Crippen LogP contribution in [0.4, 0.5) is 11.4 Å². The highest BCUT2D eigenvalue weighted by atomic mass is 16.5. The molecule has 1 N–H and O–H groups in total. The topological polar surface area (TPSA) is 58.6 Å². The maximum absolute atomic E-state index is 12.2. The highest BCUT2D eigenvalue weighted by Crippen LogP contribution is 2.28. The maximum atomic E-state index is 12.2. The minimum atomic E-state index is -0.231. The number of nitrogens with zero attached hydrogens (tertiary/aromatic N) is 1. The first-order valence-electron chi connectivity index (χ1n) is 9.37. The van der Waals surface area contributed by atoms with E-state index < -0.39 is 0 Å². The maximum Gasteiger partial charge on any atom is 0.262 e. The molecule has 1 aliphatic heterocycles. The van der Waals surface area contributed by atoms with Gasteiger partial charge in [0, 0.05) is 24.3 Å². The summed E-state index contributed by atoms with van der Waals surface area (Å²) in [6.45, 7) is 6.90. The first-order valence-corrected chi connectivity index (χ1v) is 9.37. The largest absolute Gasteiger partial charge is 0.484 e. The molecule has 0 unspecified atom stereocenters. The van der Waals surface area contributed by atoms with Crippen LogP contribution in [0, 0.1) is 6.92 Å². The van der Waals surface area contributed by atoms with E-state index in [0.717, 1.165) is 24.2 Å². The molecule has 3 rings (SSSR count). The summed E-state index contributed by atoms with van der Waals surface area (Å²) in [5.41, 5.74) is 3.78. The number of rotatable bonds is 6. The summed E-state index contributed by atoms with van der Waals surface area (Å²) in [5.74, 6) is 1.03. The molecule has 27 heavy (non-hydrogen) atoms. The third-order valence-corrected chi connectivity index (χ3v) is 4.77. The van der Waals surface area contributed by atoms with E-state index in [4.69, 9.17) is 4.74 Å². The minimum absolute atomic E-state index is 0.0626. The molecule has 0 atom stereocenters. The number of ether oxygens (including phenoxy) is 1. The van der Waals surface area contributed by atoms with Crippen LogP contribution in [-0.4, -0.2) is 25.0 Å². The second-order valence-corrected chi connectivity index (χ2v) is 7.21. The molecule has 1 fully saturated rings. The molecule has 0 spiro atoms. The van der Waals surface area contributed by atoms with Gasteiger partial charge in [-0.2, -0.15) is 0 Å². The summed E-state index contributed by atoms with van der Waals surface area (Å²) in [5, 5.41) is 2.85. The summed E-state index contributed by atoms with van der Waals surface area (Å²) < 4.78 is 5.57. The summed E-state index contributed by atoms with van der Waals surface area (Å²) in [6, 6.07) is 13.4. The van der Waals surface area contributed by atoms with Crippen molar-refractivity contribution in [3.05, 3.63) is 53.6 Å². The van der Waals surface area contributed by atoms with Gasteiger partial charge in [-0.3, -0.25) is 9.59 Å². The quantitative estimate of drug-likeness (QED) is 0.831. The lowest BCUT2D eigenvalue weighted by molar-refractivity contribution is -0.118. The predicted octanol–water partition coefficient (Wildman–Crippen LogP) is 4.26. The molecule has 2 aromatic carbocycles. The van der Waals surface area contributed by atoms with Gasteiger partial charge >= 0.3 is 0 Å². The molecule has 142 valence electrons. The van der Waals surface area contributed by atoms with Gasteiger partial charge in [0.15, 0.2) is 6.61 Å². The number of carbonyl (C=O) groups is 2. The van der Waals surface area contributed by atoms with E-state index in [0.29, 0.717) is 23.8 Å². The van der Waals surface area contributed by atoms with Crippen LogP contribution >= 0.6 is 0 Å². The van der Waals surface area contributed by atoms with Gasteiger partial charge in [-0.15, -0.1) is 0 Å². The zero-order chi connectivity index (χ0) is 19.4. The average molecular weight is 366 g/mol. The Morgan fingerprint density at radius 1 is 1.19 bits per heavy atom.